The molecule has 9 nitrogen and oxygen atoms in total. The van der Waals surface area contributed by atoms with E-state index in [1.165, 1.54) is 10.8 Å². The van der Waals surface area contributed by atoms with E-state index in [0.717, 1.165) is 30.0 Å². The molecule has 1 aliphatic rings. The molecule has 0 bridgehead atoms. The Hall–Kier alpha value is -4.06. The molecule has 1 saturated carbocycles. The fourth-order valence-electron chi connectivity index (χ4n) is 3.05. The summed E-state index contributed by atoms with van der Waals surface area (Å²) in [7, 11) is 0. The largest absolute Gasteiger partial charge is 0.367 e. The molecule has 0 radical (unpaired) electrons. The molecule has 1 fully saturated rings. The topological polar surface area (TPSA) is 116 Å². The van der Waals surface area contributed by atoms with Gasteiger partial charge in [-0.2, -0.15) is 14.9 Å². The van der Waals surface area contributed by atoms with Crippen LogP contribution in [0.4, 0.5) is 17.3 Å². The van der Waals surface area contributed by atoms with Crippen LogP contribution < -0.4 is 16.3 Å². The predicted octanol–water partition coefficient (Wildman–Crippen LogP) is 2.40. The van der Waals surface area contributed by atoms with Crippen LogP contribution in [-0.2, 0) is 0 Å². The van der Waals surface area contributed by atoms with E-state index in [4.69, 9.17) is 0 Å². The number of benzene rings is 1. The third-order valence-electron chi connectivity index (χ3n) is 4.57. The minimum Gasteiger partial charge on any atom is -0.367 e. The quantitative estimate of drug-likeness (QED) is 0.495. The van der Waals surface area contributed by atoms with Gasteiger partial charge in [0, 0.05) is 30.2 Å². The summed E-state index contributed by atoms with van der Waals surface area (Å²) < 4.78 is 3.17. The molecular weight excluding hydrogens is 356 g/mol. The van der Waals surface area contributed by atoms with Crippen molar-refractivity contribution in [2.45, 2.75) is 18.9 Å². The number of hydrogen-bond acceptors (Lipinski definition) is 6. The van der Waals surface area contributed by atoms with Crippen LogP contribution in [0.25, 0.3) is 11.3 Å². The van der Waals surface area contributed by atoms with Crippen molar-refractivity contribution in [1.82, 2.24) is 24.1 Å². The maximum Gasteiger partial charge on any atom is 0.330 e. The molecule has 0 amide bonds. The Morgan fingerprint density at radius 1 is 1.29 bits per heavy atom. The lowest BCUT2D eigenvalue weighted by atomic mass is 10.2. The summed E-state index contributed by atoms with van der Waals surface area (Å²) in [5.74, 6) is 1.38. The van der Waals surface area contributed by atoms with Gasteiger partial charge in [-0.15, -0.1) is 0 Å². The minimum absolute atomic E-state index is 0.203. The Morgan fingerprint density at radius 2 is 2.18 bits per heavy atom. The Bertz CT molecular complexity index is 1270. The Kier molecular flexibility index (Phi) is 3.62. The van der Waals surface area contributed by atoms with Crippen molar-refractivity contribution in [3.05, 3.63) is 65.0 Å². The highest BCUT2D eigenvalue weighted by atomic mass is 16.1. The summed E-state index contributed by atoms with van der Waals surface area (Å²) in [6.07, 6.45) is 7.02. The third kappa shape index (κ3) is 2.87. The number of imidazole rings is 1. The molecule has 3 N–H and O–H groups in total. The smallest absolute Gasteiger partial charge is 0.330 e. The van der Waals surface area contributed by atoms with Crippen LogP contribution >= 0.6 is 0 Å². The van der Waals surface area contributed by atoms with Gasteiger partial charge in [0.2, 0.25) is 0 Å². The van der Waals surface area contributed by atoms with E-state index in [1.807, 2.05) is 30.3 Å². The molecular formula is C19H16N8O. The Labute approximate surface area is 159 Å². The van der Waals surface area contributed by atoms with Gasteiger partial charge in [-0.1, -0.05) is 6.07 Å². The number of hydrogen-bond donors (Lipinski definition) is 3. The summed E-state index contributed by atoms with van der Waals surface area (Å²) in [6.45, 7) is 0. The van der Waals surface area contributed by atoms with Crippen LogP contribution in [-0.4, -0.2) is 30.2 Å². The zero-order chi connectivity index (χ0) is 19.1. The Morgan fingerprint density at radius 3 is 2.93 bits per heavy atom. The number of anilines is 3. The Balaban J connectivity index is 1.54. The molecule has 1 aromatic carbocycles. The van der Waals surface area contributed by atoms with Crippen molar-refractivity contribution in [3.63, 3.8) is 0 Å². The summed E-state index contributed by atoms with van der Waals surface area (Å²) in [6, 6.07) is 11.9. The van der Waals surface area contributed by atoms with Crippen LogP contribution in [0.5, 0.6) is 0 Å². The fraction of sp³-hybridized carbons (Fsp3) is 0.158. The van der Waals surface area contributed by atoms with Gasteiger partial charge < -0.3 is 15.6 Å². The zero-order valence-electron chi connectivity index (χ0n) is 14.8. The standard InChI is InChI=1S/C19H16N8O/c20-10-12-11-22-27-17(24-13-4-5-13)9-16(25-18(12)27)23-14-2-1-3-15(8-14)26-7-6-21-19(26)28/h1-3,6-9,11,13,24H,4-5H2,(H,21,28)(H,23,25). The van der Waals surface area contributed by atoms with Crippen LogP contribution in [0.2, 0.25) is 0 Å². The van der Waals surface area contributed by atoms with Crippen LogP contribution in [0.15, 0.2) is 53.7 Å². The summed E-state index contributed by atoms with van der Waals surface area (Å²) in [5.41, 5.74) is 2.21. The van der Waals surface area contributed by atoms with Crippen LogP contribution in [0.3, 0.4) is 0 Å². The van der Waals surface area contributed by atoms with E-state index in [0.29, 0.717) is 23.1 Å². The number of nitrogens with zero attached hydrogens (tertiary/aromatic N) is 5. The summed E-state index contributed by atoms with van der Waals surface area (Å²) in [5, 5.41) is 20.3. The predicted molar refractivity (Wildman–Crippen MR) is 104 cm³/mol. The first-order valence-corrected chi connectivity index (χ1v) is 8.90. The summed E-state index contributed by atoms with van der Waals surface area (Å²) >= 11 is 0. The molecule has 0 spiro atoms. The van der Waals surface area contributed by atoms with Crippen LogP contribution in [0.1, 0.15) is 18.4 Å². The number of aromatic amines is 1. The maximum absolute atomic E-state index is 11.9. The van der Waals surface area contributed by atoms with Gasteiger partial charge in [-0.3, -0.25) is 4.57 Å². The first kappa shape index (κ1) is 16.1. The van der Waals surface area contributed by atoms with Gasteiger partial charge in [-0.05, 0) is 31.0 Å². The van der Waals surface area contributed by atoms with E-state index in [2.05, 4.69) is 31.8 Å². The van der Waals surface area contributed by atoms with E-state index in [9.17, 15) is 10.1 Å². The molecule has 0 unspecified atom stereocenters. The lowest BCUT2D eigenvalue weighted by molar-refractivity contribution is 0.926. The van der Waals surface area contributed by atoms with E-state index < -0.39 is 0 Å². The van der Waals surface area contributed by atoms with E-state index in [-0.39, 0.29) is 5.69 Å². The van der Waals surface area contributed by atoms with Gasteiger partial charge in [0.05, 0.1) is 11.9 Å². The van der Waals surface area contributed by atoms with Gasteiger partial charge in [0.25, 0.3) is 0 Å². The average molecular weight is 372 g/mol. The lowest BCUT2D eigenvalue weighted by Gasteiger charge is -2.12. The van der Waals surface area contributed by atoms with Crippen molar-refractivity contribution >= 4 is 23.0 Å². The van der Waals surface area contributed by atoms with Gasteiger partial charge in [0.15, 0.2) is 5.65 Å². The highest BCUT2D eigenvalue weighted by Crippen LogP contribution is 2.28. The number of nitrogens with one attached hydrogen (secondary N) is 3. The van der Waals surface area contributed by atoms with E-state index >= 15 is 0 Å². The van der Waals surface area contributed by atoms with Crippen molar-refractivity contribution in [1.29, 1.82) is 5.26 Å². The number of rotatable bonds is 5. The number of H-pyrrole nitrogens is 1. The second-order valence-electron chi connectivity index (χ2n) is 6.66. The second kappa shape index (κ2) is 6.28. The molecule has 0 atom stereocenters. The van der Waals surface area contributed by atoms with Crippen LogP contribution in [0, 0.1) is 11.3 Å². The minimum atomic E-state index is -0.203. The molecule has 9 heteroatoms. The van der Waals surface area contributed by atoms with Gasteiger partial charge >= 0.3 is 5.69 Å². The molecule has 5 rings (SSSR count). The molecule has 3 heterocycles. The number of nitriles is 1. The highest BCUT2D eigenvalue weighted by Gasteiger charge is 2.23. The molecule has 4 aromatic rings. The molecule has 28 heavy (non-hydrogen) atoms. The first-order valence-electron chi connectivity index (χ1n) is 8.90. The lowest BCUT2D eigenvalue weighted by Crippen LogP contribution is -2.14. The van der Waals surface area contributed by atoms with Crippen molar-refractivity contribution in [3.8, 4) is 11.8 Å². The number of aromatic nitrogens is 5. The normalized spacial score (nSPS) is 13.4. The number of fused-ring (bicyclic) bond motifs is 1. The first-order chi connectivity index (χ1) is 13.7. The summed E-state index contributed by atoms with van der Waals surface area (Å²) in [4.78, 5) is 19.0. The van der Waals surface area contributed by atoms with Gasteiger partial charge in [0.1, 0.15) is 23.3 Å². The average Bonchev–Trinajstić information content (AvgIpc) is 3.24. The van der Waals surface area contributed by atoms with Gasteiger partial charge in [-0.25, -0.2) is 9.78 Å². The maximum atomic E-state index is 11.9. The molecule has 0 aliphatic heterocycles. The SMILES string of the molecule is N#Cc1cnn2c(NC3CC3)cc(Nc3cccc(-n4cc[nH]c4=O)c3)nc12. The second-order valence-corrected chi connectivity index (χ2v) is 6.66. The zero-order valence-corrected chi connectivity index (χ0v) is 14.8. The van der Waals surface area contributed by atoms with Crippen molar-refractivity contribution in [2.24, 2.45) is 0 Å². The van der Waals surface area contributed by atoms with E-state index in [1.54, 1.807) is 16.9 Å². The molecule has 138 valence electrons. The highest BCUT2D eigenvalue weighted by molar-refractivity contribution is 5.68. The van der Waals surface area contributed by atoms with Crippen molar-refractivity contribution < 1.29 is 0 Å². The third-order valence-corrected chi connectivity index (χ3v) is 4.57. The molecule has 1 aliphatic carbocycles. The monoisotopic (exact) mass is 372 g/mol. The fourth-order valence-corrected chi connectivity index (χ4v) is 3.05. The molecule has 3 aromatic heterocycles. The molecule has 0 saturated heterocycles. The van der Waals surface area contributed by atoms with Crippen molar-refractivity contribution in [2.75, 3.05) is 10.6 Å².